The maximum atomic E-state index is 8.34. The molecule has 0 unspecified atom stereocenters. The Balaban J connectivity index is 2.19. The lowest BCUT2D eigenvalue weighted by atomic mass is 10.2. The van der Waals surface area contributed by atoms with E-state index >= 15 is 0 Å². The Morgan fingerprint density at radius 2 is 2.12 bits per heavy atom. The van der Waals surface area contributed by atoms with Crippen LogP contribution in [0.5, 0.6) is 5.75 Å². The molecule has 4 nitrogen and oxygen atoms in total. The molecular formula is C12H18N2O2. The molecule has 1 aromatic carbocycles. The highest BCUT2D eigenvalue weighted by Crippen LogP contribution is 2.16. The monoisotopic (exact) mass is 222 g/mol. The topological polar surface area (TPSA) is 67.8 Å². The molecule has 88 valence electrons. The van der Waals surface area contributed by atoms with Crippen molar-refractivity contribution < 1.29 is 9.94 Å². The van der Waals surface area contributed by atoms with Crippen molar-refractivity contribution in [2.24, 2.45) is 10.9 Å². The summed E-state index contributed by atoms with van der Waals surface area (Å²) in [5, 5.41) is 11.2. The van der Waals surface area contributed by atoms with Gasteiger partial charge in [0.05, 0.1) is 6.61 Å². The van der Waals surface area contributed by atoms with Gasteiger partial charge in [-0.05, 0) is 31.4 Å². The van der Waals surface area contributed by atoms with Crippen LogP contribution in [0.15, 0.2) is 29.4 Å². The van der Waals surface area contributed by atoms with E-state index in [2.05, 4.69) is 5.16 Å². The standard InChI is InChI=1S/C12H18N2O2/c1-10-6-2-3-7-11(10)16-9-5-4-8-12(13)14-15/h2-3,6-7,15H,4-5,8-9H2,1H3,(H2,13,14). The van der Waals surface area contributed by atoms with Crippen molar-refractivity contribution in [3.8, 4) is 5.75 Å². The molecule has 0 aromatic heterocycles. The second kappa shape index (κ2) is 6.71. The number of ether oxygens (including phenoxy) is 1. The van der Waals surface area contributed by atoms with Crippen LogP contribution < -0.4 is 10.5 Å². The summed E-state index contributed by atoms with van der Waals surface area (Å²) in [5.41, 5.74) is 6.49. The van der Waals surface area contributed by atoms with Crippen molar-refractivity contribution in [1.82, 2.24) is 0 Å². The van der Waals surface area contributed by atoms with E-state index in [0.717, 1.165) is 24.2 Å². The number of hydrogen-bond donors (Lipinski definition) is 2. The van der Waals surface area contributed by atoms with E-state index in [1.807, 2.05) is 31.2 Å². The molecular weight excluding hydrogens is 204 g/mol. The van der Waals surface area contributed by atoms with Crippen molar-refractivity contribution in [2.75, 3.05) is 6.61 Å². The maximum Gasteiger partial charge on any atom is 0.139 e. The van der Waals surface area contributed by atoms with Crippen LogP contribution >= 0.6 is 0 Å². The van der Waals surface area contributed by atoms with E-state index in [1.165, 1.54) is 0 Å². The van der Waals surface area contributed by atoms with Gasteiger partial charge < -0.3 is 15.7 Å². The molecule has 0 aliphatic carbocycles. The largest absolute Gasteiger partial charge is 0.493 e. The highest BCUT2D eigenvalue weighted by atomic mass is 16.5. The number of benzene rings is 1. The number of aryl methyl sites for hydroxylation is 1. The fourth-order valence-corrected chi connectivity index (χ4v) is 1.36. The Morgan fingerprint density at radius 1 is 1.38 bits per heavy atom. The molecule has 0 fully saturated rings. The number of rotatable bonds is 6. The van der Waals surface area contributed by atoms with Gasteiger partial charge in [0.1, 0.15) is 11.6 Å². The van der Waals surface area contributed by atoms with Gasteiger partial charge in [0, 0.05) is 6.42 Å². The zero-order chi connectivity index (χ0) is 11.8. The molecule has 16 heavy (non-hydrogen) atoms. The van der Waals surface area contributed by atoms with Crippen LogP contribution in [0.1, 0.15) is 24.8 Å². The number of nitrogens with two attached hydrogens (primary N) is 1. The first kappa shape index (κ1) is 12.4. The minimum atomic E-state index is 0.274. The van der Waals surface area contributed by atoms with Crippen molar-refractivity contribution in [1.29, 1.82) is 0 Å². The third-order valence-electron chi connectivity index (χ3n) is 2.31. The Morgan fingerprint density at radius 3 is 2.81 bits per heavy atom. The molecule has 0 atom stereocenters. The van der Waals surface area contributed by atoms with Gasteiger partial charge >= 0.3 is 0 Å². The summed E-state index contributed by atoms with van der Waals surface area (Å²) in [6.07, 6.45) is 2.36. The van der Waals surface area contributed by atoms with Crippen LogP contribution in [-0.2, 0) is 0 Å². The third kappa shape index (κ3) is 4.21. The average molecular weight is 222 g/mol. The van der Waals surface area contributed by atoms with Gasteiger partial charge in [0.15, 0.2) is 0 Å². The van der Waals surface area contributed by atoms with Gasteiger partial charge in [-0.3, -0.25) is 0 Å². The Labute approximate surface area is 95.7 Å². The summed E-state index contributed by atoms with van der Waals surface area (Å²) in [6, 6.07) is 7.92. The highest BCUT2D eigenvalue weighted by molar-refractivity contribution is 5.79. The van der Waals surface area contributed by atoms with Crippen molar-refractivity contribution in [2.45, 2.75) is 26.2 Å². The van der Waals surface area contributed by atoms with E-state index in [-0.39, 0.29) is 5.84 Å². The average Bonchev–Trinajstić information content (AvgIpc) is 2.30. The van der Waals surface area contributed by atoms with Gasteiger partial charge in [-0.2, -0.15) is 0 Å². The number of nitrogens with zero attached hydrogens (tertiary/aromatic N) is 1. The smallest absolute Gasteiger partial charge is 0.139 e. The minimum absolute atomic E-state index is 0.274. The maximum absolute atomic E-state index is 8.34. The number of para-hydroxylation sites is 1. The summed E-state index contributed by atoms with van der Waals surface area (Å²) in [7, 11) is 0. The zero-order valence-corrected chi connectivity index (χ0v) is 9.52. The van der Waals surface area contributed by atoms with E-state index < -0.39 is 0 Å². The van der Waals surface area contributed by atoms with Crippen molar-refractivity contribution in [3.05, 3.63) is 29.8 Å². The normalized spacial score (nSPS) is 11.4. The van der Waals surface area contributed by atoms with E-state index in [1.54, 1.807) is 0 Å². The first-order chi connectivity index (χ1) is 7.74. The molecule has 0 bridgehead atoms. The number of oxime groups is 1. The van der Waals surface area contributed by atoms with Gasteiger partial charge in [0.2, 0.25) is 0 Å². The fraction of sp³-hybridized carbons (Fsp3) is 0.417. The molecule has 0 spiro atoms. The lowest BCUT2D eigenvalue weighted by Gasteiger charge is -2.08. The summed E-state index contributed by atoms with van der Waals surface area (Å²) in [4.78, 5) is 0. The summed E-state index contributed by atoms with van der Waals surface area (Å²) < 4.78 is 5.61. The second-order valence-electron chi connectivity index (χ2n) is 3.66. The second-order valence-corrected chi connectivity index (χ2v) is 3.66. The molecule has 3 N–H and O–H groups in total. The Bertz CT molecular complexity index is 351. The lowest BCUT2D eigenvalue weighted by Crippen LogP contribution is -2.11. The quantitative estimate of drug-likeness (QED) is 0.255. The Hall–Kier alpha value is -1.71. The van der Waals surface area contributed by atoms with Crippen LogP contribution in [0.3, 0.4) is 0 Å². The SMILES string of the molecule is Cc1ccccc1OCCCCC(N)=NO. The van der Waals surface area contributed by atoms with Crippen LogP contribution in [0, 0.1) is 6.92 Å². The zero-order valence-electron chi connectivity index (χ0n) is 9.52. The van der Waals surface area contributed by atoms with Crippen LogP contribution in [0.25, 0.3) is 0 Å². The van der Waals surface area contributed by atoms with Gasteiger partial charge in [-0.1, -0.05) is 23.4 Å². The fourth-order valence-electron chi connectivity index (χ4n) is 1.36. The van der Waals surface area contributed by atoms with Crippen molar-refractivity contribution >= 4 is 5.84 Å². The number of unbranched alkanes of at least 4 members (excludes halogenated alkanes) is 1. The molecule has 0 saturated carbocycles. The molecule has 0 saturated heterocycles. The molecule has 1 aromatic rings. The summed E-state index contributed by atoms with van der Waals surface area (Å²) in [6.45, 7) is 2.68. The molecule has 0 heterocycles. The van der Waals surface area contributed by atoms with Crippen LogP contribution in [-0.4, -0.2) is 17.6 Å². The lowest BCUT2D eigenvalue weighted by molar-refractivity contribution is 0.303. The number of hydrogen-bond acceptors (Lipinski definition) is 3. The molecule has 0 aliphatic rings. The third-order valence-corrected chi connectivity index (χ3v) is 2.31. The Kier molecular flexibility index (Phi) is 5.19. The van der Waals surface area contributed by atoms with Gasteiger partial charge in [-0.15, -0.1) is 0 Å². The highest BCUT2D eigenvalue weighted by Gasteiger charge is 1.98. The predicted octanol–water partition coefficient (Wildman–Crippen LogP) is 2.29. The van der Waals surface area contributed by atoms with E-state index in [9.17, 15) is 0 Å². The summed E-state index contributed by atoms with van der Waals surface area (Å²) in [5.74, 6) is 1.20. The van der Waals surface area contributed by atoms with Crippen LogP contribution in [0.4, 0.5) is 0 Å². The first-order valence-electron chi connectivity index (χ1n) is 5.39. The predicted molar refractivity (Wildman–Crippen MR) is 63.9 cm³/mol. The molecule has 4 heteroatoms. The molecule has 0 aliphatic heterocycles. The molecule has 1 rings (SSSR count). The van der Waals surface area contributed by atoms with E-state index in [0.29, 0.717) is 13.0 Å². The molecule has 0 radical (unpaired) electrons. The molecule has 0 amide bonds. The van der Waals surface area contributed by atoms with Gasteiger partial charge in [-0.25, -0.2) is 0 Å². The summed E-state index contributed by atoms with van der Waals surface area (Å²) >= 11 is 0. The first-order valence-corrected chi connectivity index (χ1v) is 5.39. The number of amidine groups is 1. The minimum Gasteiger partial charge on any atom is -0.493 e. The van der Waals surface area contributed by atoms with E-state index in [4.69, 9.17) is 15.7 Å². The van der Waals surface area contributed by atoms with Crippen LogP contribution in [0.2, 0.25) is 0 Å². The van der Waals surface area contributed by atoms with Gasteiger partial charge in [0.25, 0.3) is 0 Å². The van der Waals surface area contributed by atoms with Crippen molar-refractivity contribution in [3.63, 3.8) is 0 Å².